The maximum atomic E-state index is 12.9. The summed E-state index contributed by atoms with van der Waals surface area (Å²) < 4.78 is 10.2. The van der Waals surface area contributed by atoms with Crippen molar-refractivity contribution < 1.29 is 29.0 Å². The topological polar surface area (TPSA) is 114 Å². The van der Waals surface area contributed by atoms with Gasteiger partial charge in [-0.25, -0.2) is 9.59 Å². The molecule has 178 valence electrons. The van der Waals surface area contributed by atoms with Crippen LogP contribution in [0.1, 0.15) is 87.9 Å². The molecule has 0 radical (unpaired) electrons. The number of Topliss-reactive ketones (excluding diaryl/α,β-unsaturated/α-hetero) is 1. The molecule has 1 heterocycles. The van der Waals surface area contributed by atoms with E-state index in [0.29, 0.717) is 25.2 Å². The predicted octanol–water partition coefficient (Wildman–Crippen LogP) is 4.06. The molecule has 0 aliphatic carbocycles. The average Bonchev–Trinajstić information content (AvgIpc) is 2.75. The fourth-order valence-corrected chi connectivity index (χ4v) is 3.34. The van der Waals surface area contributed by atoms with E-state index in [9.17, 15) is 24.6 Å². The zero-order valence-electron chi connectivity index (χ0n) is 19.7. The van der Waals surface area contributed by atoms with Gasteiger partial charge < -0.3 is 19.4 Å². The molecule has 0 bridgehead atoms. The third-order valence-electron chi connectivity index (χ3n) is 5.29. The average molecular weight is 449 g/mol. The van der Waals surface area contributed by atoms with Gasteiger partial charge in [0.1, 0.15) is 11.3 Å². The molecular formula is C25H36O7. The van der Waals surface area contributed by atoms with Crippen molar-refractivity contribution >= 4 is 11.8 Å². The number of esters is 1. The zero-order chi connectivity index (χ0) is 24.3. The number of aliphatic hydroxyl groups excluding tert-OH is 2. The summed E-state index contributed by atoms with van der Waals surface area (Å²) in [5.41, 5.74) is 0.108. The van der Waals surface area contributed by atoms with Crippen LogP contribution in [0, 0.1) is 5.92 Å². The summed E-state index contributed by atoms with van der Waals surface area (Å²) in [5.74, 6) is -1.65. The molecule has 3 atom stereocenters. The van der Waals surface area contributed by atoms with Gasteiger partial charge >= 0.3 is 11.6 Å². The van der Waals surface area contributed by atoms with E-state index >= 15 is 0 Å². The van der Waals surface area contributed by atoms with Crippen LogP contribution in [0.4, 0.5) is 0 Å². The number of allylic oxidation sites excluding steroid dienone is 2. The molecule has 0 saturated carbocycles. The second-order valence-corrected chi connectivity index (χ2v) is 8.03. The molecule has 0 aromatic carbocycles. The first-order valence-corrected chi connectivity index (χ1v) is 11.2. The first kappa shape index (κ1) is 27.5. The highest BCUT2D eigenvalue weighted by Crippen LogP contribution is 2.24. The molecule has 0 saturated heterocycles. The van der Waals surface area contributed by atoms with Crippen molar-refractivity contribution in [1.29, 1.82) is 0 Å². The molecule has 0 amide bonds. The standard InChI is InChI=1S/C25H36O7/c1-6-10-16(3)13-20(27)18(5)24(29)23-19(15-26)14-21(32-25(23)30)17(4)11-8-9-12-22(28)31-7-2/h9,12-14,17-18,20,26-27H,6-8,10-11,15H2,1-5H3/b12-9+,16-13+. The summed E-state index contributed by atoms with van der Waals surface area (Å²) >= 11 is 0. The number of carbonyl (C=O) groups excluding carboxylic acids is 2. The minimum atomic E-state index is -1.04. The fourth-order valence-electron chi connectivity index (χ4n) is 3.34. The normalized spacial score (nSPS) is 14.9. The Hall–Kier alpha value is -2.51. The van der Waals surface area contributed by atoms with Gasteiger partial charge in [-0.1, -0.05) is 44.9 Å². The Balaban J connectivity index is 3.01. The number of ketones is 1. The molecular weight excluding hydrogens is 412 g/mol. The van der Waals surface area contributed by atoms with Gasteiger partial charge in [-0.2, -0.15) is 0 Å². The van der Waals surface area contributed by atoms with E-state index in [2.05, 4.69) is 0 Å². The zero-order valence-corrected chi connectivity index (χ0v) is 19.7. The smallest absolute Gasteiger partial charge is 0.347 e. The second kappa shape index (κ2) is 13.8. The van der Waals surface area contributed by atoms with Gasteiger partial charge in [0.15, 0.2) is 5.78 Å². The van der Waals surface area contributed by atoms with E-state index in [-0.39, 0.29) is 17.0 Å². The van der Waals surface area contributed by atoms with E-state index in [0.717, 1.165) is 18.4 Å². The van der Waals surface area contributed by atoms with E-state index in [1.165, 1.54) is 12.1 Å². The van der Waals surface area contributed by atoms with Gasteiger partial charge in [-0.05, 0) is 44.7 Å². The summed E-state index contributed by atoms with van der Waals surface area (Å²) in [6.07, 6.45) is 6.53. The second-order valence-electron chi connectivity index (χ2n) is 8.03. The Bertz CT molecular complexity index is 879. The van der Waals surface area contributed by atoms with Crippen LogP contribution in [0.25, 0.3) is 0 Å². The molecule has 32 heavy (non-hydrogen) atoms. The van der Waals surface area contributed by atoms with Gasteiger partial charge in [-0.3, -0.25) is 4.79 Å². The highest BCUT2D eigenvalue weighted by Gasteiger charge is 2.28. The van der Waals surface area contributed by atoms with Crippen molar-refractivity contribution in [1.82, 2.24) is 0 Å². The maximum absolute atomic E-state index is 12.9. The van der Waals surface area contributed by atoms with E-state index in [1.54, 1.807) is 26.0 Å². The Morgan fingerprint density at radius 2 is 1.94 bits per heavy atom. The quantitative estimate of drug-likeness (QED) is 0.202. The summed E-state index contributed by atoms with van der Waals surface area (Å²) in [7, 11) is 0. The highest BCUT2D eigenvalue weighted by molar-refractivity contribution is 5.99. The van der Waals surface area contributed by atoms with Crippen LogP contribution >= 0.6 is 0 Å². The summed E-state index contributed by atoms with van der Waals surface area (Å²) in [6, 6.07) is 1.52. The fraction of sp³-hybridized carbons (Fsp3) is 0.560. The van der Waals surface area contributed by atoms with Crippen molar-refractivity contribution in [2.45, 2.75) is 78.9 Å². The largest absolute Gasteiger partial charge is 0.463 e. The monoisotopic (exact) mass is 448 g/mol. The summed E-state index contributed by atoms with van der Waals surface area (Å²) in [4.78, 5) is 36.9. The van der Waals surface area contributed by atoms with Crippen LogP contribution in [0.3, 0.4) is 0 Å². The van der Waals surface area contributed by atoms with E-state index in [1.807, 2.05) is 20.8 Å². The number of hydrogen-bond donors (Lipinski definition) is 2. The molecule has 0 fully saturated rings. The van der Waals surface area contributed by atoms with Crippen LogP contribution in [-0.4, -0.2) is 34.7 Å². The predicted molar refractivity (Wildman–Crippen MR) is 122 cm³/mol. The van der Waals surface area contributed by atoms with Gasteiger partial charge in [-0.15, -0.1) is 0 Å². The van der Waals surface area contributed by atoms with Crippen molar-refractivity contribution in [3.63, 3.8) is 0 Å². The summed E-state index contributed by atoms with van der Waals surface area (Å²) in [6.45, 7) is 8.86. The lowest BCUT2D eigenvalue weighted by Gasteiger charge is -2.17. The van der Waals surface area contributed by atoms with Crippen LogP contribution in [0.15, 0.2) is 39.1 Å². The molecule has 3 unspecified atom stereocenters. The molecule has 1 rings (SSSR count). The molecule has 1 aromatic rings. The lowest BCUT2D eigenvalue weighted by atomic mass is 9.90. The molecule has 0 aliphatic rings. The van der Waals surface area contributed by atoms with Crippen LogP contribution in [-0.2, 0) is 16.1 Å². The van der Waals surface area contributed by atoms with Gasteiger partial charge in [0.2, 0.25) is 0 Å². The van der Waals surface area contributed by atoms with Crippen molar-refractivity contribution in [2.75, 3.05) is 6.61 Å². The number of hydrogen-bond acceptors (Lipinski definition) is 7. The first-order valence-electron chi connectivity index (χ1n) is 11.2. The lowest BCUT2D eigenvalue weighted by Crippen LogP contribution is -2.30. The van der Waals surface area contributed by atoms with Crippen molar-refractivity contribution in [3.05, 3.63) is 57.2 Å². The minimum Gasteiger partial charge on any atom is -0.463 e. The lowest BCUT2D eigenvalue weighted by molar-refractivity contribution is -0.137. The van der Waals surface area contributed by atoms with E-state index in [4.69, 9.17) is 9.15 Å². The van der Waals surface area contributed by atoms with Gasteiger partial charge in [0.05, 0.1) is 19.3 Å². The molecule has 0 spiro atoms. The SMILES string of the molecule is CCC/C(C)=C/C(O)C(C)C(=O)c1c(CO)cc(C(C)CC/C=C/C(=O)OCC)oc1=O. The molecule has 7 heteroatoms. The highest BCUT2D eigenvalue weighted by atomic mass is 16.5. The number of aliphatic hydroxyl groups is 2. The molecule has 0 aliphatic heterocycles. The molecule has 2 N–H and O–H groups in total. The summed E-state index contributed by atoms with van der Waals surface area (Å²) in [5, 5.41) is 20.2. The van der Waals surface area contributed by atoms with Crippen LogP contribution in [0.2, 0.25) is 0 Å². The van der Waals surface area contributed by atoms with Crippen molar-refractivity contribution in [2.24, 2.45) is 5.92 Å². The van der Waals surface area contributed by atoms with E-state index < -0.39 is 36.0 Å². The number of carbonyl (C=O) groups is 2. The Labute approximate surface area is 189 Å². The van der Waals surface area contributed by atoms with Gasteiger partial charge in [0, 0.05) is 17.9 Å². The van der Waals surface area contributed by atoms with Gasteiger partial charge in [0.25, 0.3) is 0 Å². The maximum Gasteiger partial charge on any atom is 0.347 e. The molecule has 1 aromatic heterocycles. The first-order chi connectivity index (χ1) is 15.2. The Kier molecular flexibility index (Phi) is 11.9. The number of ether oxygens (including phenoxy) is 1. The van der Waals surface area contributed by atoms with Crippen molar-refractivity contribution in [3.8, 4) is 0 Å². The molecule has 7 nitrogen and oxygen atoms in total. The van der Waals surface area contributed by atoms with Crippen LogP contribution < -0.4 is 5.63 Å². The third-order valence-corrected chi connectivity index (χ3v) is 5.29. The Morgan fingerprint density at radius 3 is 2.53 bits per heavy atom. The van der Waals surface area contributed by atoms with Crippen LogP contribution in [0.5, 0.6) is 0 Å². The number of rotatable bonds is 13. The minimum absolute atomic E-state index is 0.174. The third kappa shape index (κ3) is 8.20. The Morgan fingerprint density at radius 1 is 1.25 bits per heavy atom.